The maximum absolute atomic E-state index is 10.3. The van der Waals surface area contributed by atoms with Gasteiger partial charge in [-0.05, 0) is 25.0 Å². The van der Waals surface area contributed by atoms with Crippen LogP contribution in [0.15, 0.2) is 16.5 Å². The van der Waals surface area contributed by atoms with Crippen LogP contribution in [0.1, 0.15) is 42.0 Å². The van der Waals surface area contributed by atoms with Gasteiger partial charge in [-0.1, -0.05) is 12.8 Å². The zero-order valence-electron chi connectivity index (χ0n) is 8.07. The Hall–Kier alpha value is -1.09. The molecule has 0 radical (unpaired) electrons. The second-order valence-corrected chi connectivity index (χ2v) is 3.64. The summed E-state index contributed by atoms with van der Waals surface area (Å²) >= 11 is 0. The van der Waals surface area contributed by atoms with Crippen LogP contribution in [0.5, 0.6) is 0 Å². The molecule has 0 N–H and O–H groups in total. The van der Waals surface area contributed by atoms with Crippen LogP contribution in [0.2, 0.25) is 0 Å². The molecule has 0 amide bonds. The Balaban J connectivity index is 1.81. The molecule has 0 atom stereocenters. The average Bonchev–Trinajstić information content (AvgIpc) is 2.86. The van der Waals surface area contributed by atoms with Crippen molar-refractivity contribution in [3.05, 3.63) is 23.7 Å². The van der Waals surface area contributed by atoms with E-state index in [0.717, 1.165) is 18.6 Å². The fraction of sp³-hybridized carbons (Fsp3) is 0.545. The van der Waals surface area contributed by atoms with Gasteiger partial charge in [0.2, 0.25) is 0 Å². The van der Waals surface area contributed by atoms with E-state index in [1.807, 2.05) is 0 Å². The van der Waals surface area contributed by atoms with E-state index in [9.17, 15) is 4.79 Å². The van der Waals surface area contributed by atoms with Crippen molar-refractivity contribution >= 4 is 6.29 Å². The van der Waals surface area contributed by atoms with Gasteiger partial charge < -0.3 is 9.15 Å². The molecule has 0 saturated heterocycles. The summed E-state index contributed by atoms with van der Waals surface area (Å²) in [6.07, 6.45) is 5.94. The number of ether oxygens (including phenoxy) is 1. The van der Waals surface area contributed by atoms with E-state index in [4.69, 9.17) is 9.15 Å². The first-order valence-electron chi connectivity index (χ1n) is 5.04. The van der Waals surface area contributed by atoms with E-state index in [1.54, 1.807) is 12.1 Å². The lowest BCUT2D eigenvalue weighted by molar-refractivity contribution is 0.0354. The maximum Gasteiger partial charge on any atom is 0.185 e. The highest BCUT2D eigenvalue weighted by Crippen LogP contribution is 2.22. The molecule has 1 fully saturated rings. The third-order valence-electron chi connectivity index (χ3n) is 2.56. The van der Waals surface area contributed by atoms with E-state index in [1.165, 1.54) is 12.8 Å². The summed E-state index contributed by atoms with van der Waals surface area (Å²) in [6, 6.07) is 3.46. The van der Waals surface area contributed by atoms with Crippen LogP contribution >= 0.6 is 0 Å². The first-order valence-corrected chi connectivity index (χ1v) is 5.04. The molecule has 2 rings (SSSR count). The topological polar surface area (TPSA) is 39.4 Å². The van der Waals surface area contributed by atoms with Crippen LogP contribution in [0.4, 0.5) is 0 Å². The number of hydrogen-bond donors (Lipinski definition) is 0. The Labute approximate surface area is 83.0 Å². The lowest BCUT2D eigenvalue weighted by atomic mass is 10.3. The average molecular weight is 194 g/mol. The number of hydrogen-bond acceptors (Lipinski definition) is 3. The van der Waals surface area contributed by atoms with Gasteiger partial charge in [0, 0.05) is 0 Å². The van der Waals surface area contributed by atoms with E-state index >= 15 is 0 Å². The zero-order chi connectivity index (χ0) is 9.80. The monoisotopic (exact) mass is 194 g/mol. The molecule has 1 aromatic rings. The Kier molecular flexibility index (Phi) is 2.99. The summed E-state index contributed by atoms with van der Waals surface area (Å²) in [4.78, 5) is 10.3. The number of carbonyl (C=O) groups excluding carboxylic acids is 1. The van der Waals surface area contributed by atoms with E-state index in [-0.39, 0.29) is 0 Å². The second-order valence-electron chi connectivity index (χ2n) is 3.64. The highest BCUT2D eigenvalue weighted by Gasteiger charge is 2.15. The van der Waals surface area contributed by atoms with Gasteiger partial charge in [0.05, 0.1) is 6.10 Å². The Morgan fingerprint density at radius 3 is 2.86 bits per heavy atom. The van der Waals surface area contributed by atoms with Crippen LogP contribution in [0.3, 0.4) is 0 Å². The molecule has 3 nitrogen and oxygen atoms in total. The van der Waals surface area contributed by atoms with Gasteiger partial charge in [-0.2, -0.15) is 0 Å². The van der Waals surface area contributed by atoms with Crippen LogP contribution in [-0.2, 0) is 11.3 Å². The lowest BCUT2D eigenvalue weighted by Crippen LogP contribution is -2.06. The first kappa shape index (κ1) is 9.46. The van der Waals surface area contributed by atoms with Crippen molar-refractivity contribution in [3.8, 4) is 0 Å². The quantitative estimate of drug-likeness (QED) is 0.691. The highest BCUT2D eigenvalue weighted by molar-refractivity contribution is 5.70. The Bertz CT molecular complexity index is 297. The summed E-state index contributed by atoms with van der Waals surface area (Å²) in [5, 5.41) is 0. The Morgan fingerprint density at radius 2 is 2.21 bits per heavy atom. The van der Waals surface area contributed by atoms with Crippen LogP contribution in [0.25, 0.3) is 0 Å². The predicted molar refractivity (Wildman–Crippen MR) is 51.1 cm³/mol. The van der Waals surface area contributed by atoms with Gasteiger partial charge in [0.15, 0.2) is 12.0 Å². The van der Waals surface area contributed by atoms with Gasteiger partial charge in [0.1, 0.15) is 12.4 Å². The minimum Gasteiger partial charge on any atom is -0.456 e. The zero-order valence-corrected chi connectivity index (χ0v) is 8.07. The summed E-state index contributed by atoms with van der Waals surface area (Å²) in [6.45, 7) is 0.485. The molecule has 0 unspecified atom stereocenters. The predicted octanol–water partition coefficient (Wildman–Crippen LogP) is 2.55. The normalized spacial score (nSPS) is 17.4. The largest absolute Gasteiger partial charge is 0.456 e. The van der Waals surface area contributed by atoms with Crippen molar-refractivity contribution in [2.24, 2.45) is 0 Å². The third-order valence-corrected chi connectivity index (χ3v) is 2.56. The van der Waals surface area contributed by atoms with E-state index < -0.39 is 0 Å². The molecular weight excluding hydrogens is 180 g/mol. The first-order chi connectivity index (χ1) is 6.88. The SMILES string of the molecule is O=Cc1ccc(COC2CCCC2)o1. The minimum absolute atomic E-state index is 0.370. The molecule has 1 aliphatic carbocycles. The molecule has 0 aliphatic heterocycles. The fourth-order valence-electron chi connectivity index (χ4n) is 1.79. The second kappa shape index (κ2) is 4.42. The molecule has 1 aliphatic rings. The molecule has 1 saturated carbocycles. The van der Waals surface area contributed by atoms with Gasteiger partial charge in [0.25, 0.3) is 0 Å². The number of rotatable bonds is 4. The molecule has 0 spiro atoms. The van der Waals surface area contributed by atoms with Gasteiger partial charge in [-0.15, -0.1) is 0 Å². The van der Waals surface area contributed by atoms with Crippen LogP contribution < -0.4 is 0 Å². The Morgan fingerprint density at radius 1 is 1.43 bits per heavy atom. The highest BCUT2D eigenvalue weighted by atomic mass is 16.5. The van der Waals surface area contributed by atoms with Crippen molar-refractivity contribution in [1.29, 1.82) is 0 Å². The van der Waals surface area contributed by atoms with E-state index in [2.05, 4.69) is 0 Å². The minimum atomic E-state index is 0.370. The summed E-state index contributed by atoms with van der Waals surface area (Å²) < 4.78 is 10.8. The molecule has 1 heterocycles. The number of furan rings is 1. The summed E-state index contributed by atoms with van der Waals surface area (Å²) in [7, 11) is 0. The van der Waals surface area contributed by atoms with Crippen molar-refractivity contribution in [1.82, 2.24) is 0 Å². The van der Waals surface area contributed by atoms with Crippen molar-refractivity contribution in [3.63, 3.8) is 0 Å². The number of carbonyl (C=O) groups is 1. The fourth-order valence-corrected chi connectivity index (χ4v) is 1.79. The van der Waals surface area contributed by atoms with Crippen molar-refractivity contribution in [2.45, 2.75) is 38.4 Å². The molecular formula is C11H14O3. The van der Waals surface area contributed by atoms with Gasteiger partial charge in [-0.25, -0.2) is 0 Å². The molecule has 76 valence electrons. The third kappa shape index (κ3) is 2.23. The van der Waals surface area contributed by atoms with Gasteiger partial charge in [-0.3, -0.25) is 4.79 Å². The standard InChI is InChI=1S/C11H14O3/c12-7-10-5-6-11(14-10)8-13-9-3-1-2-4-9/h5-7,9H,1-4,8H2. The molecule has 1 aromatic heterocycles. The molecule has 14 heavy (non-hydrogen) atoms. The maximum atomic E-state index is 10.3. The van der Waals surface area contributed by atoms with Crippen molar-refractivity contribution < 1.29 is 13.9 Å². The molecule has 0 bridgehead atoms. The molecule has 0 aromatic carbocycles. The lowest BCUT2D eigenvalue weighted by Gasteiger charge is -2.08. The van der Waals surface area contributed by atoms with E-state index in [0.29, 0.717) is 24.8 Å². The van der Waals surface area contributed by atoms with Crippen LogP contribution in [-0.4, -0.2) is 12.4 Å². The summed E-state index contributed by atoms with van der Waals surface area (Å²) in [5.41, 5.74) is 0. The summed E-state index contributed by atoms with van der Waals surface area (Å²) in [5.74, 6) is 1.11. The van der Waals surface area contributed by atoms with Crippen LogP contribution in [0, 0.1) is 0 Å². The van der Waals surface area contributed by atoms with Crippen molar-refractivity contribution in [2.75, 3.05) is 0 Å². The smallest absolute Gasteiger partial charge is 0.185 e. The number of aldehydes is 1. The van der Waals surface area contributed by atoms with Gasteiger partial charge >= 0.3 is 0 Å². The molecule has 3 heteroatoms.